The molecule has 0 atom stereocenters. The highest BCUT2D eigenvalue weighted by molar-refractivity contribution is 14.0. The van der Waals surface area contributed by atoms with Crippen LogP contribution in [-0.2, 0) is 11.3 Å². The number of carbonyl (C=O) groups excluding carboxylic acids is 1. The van der Waals surface area contributed by atoms with E-state index in [0.717, 1.165) is 43.3 Å². The van der Waals surface area contributed by atoms with Crippen LogP contribution in [0.1, 0.15) is 51.5 Å². The van der Waals surface area contributed by atoms with Crippen molar-refractivity contribution in [2.45, 2.75) is 52.5 Å². The molecule has 0 saturated carbocycles. The Hall–Kier alpha value is -1.31. The van der Waals surface area contributed by atoms with Crippen molar-refractivity contribution in [3.05, 3.63) is 29.8 Å². The van der Waals surface area contributed by atoms with Gasteiger partial charge in [-0.15, -0.1) is 24.0 Å². The summed E-state index contributed by atoms with van der Waals surface area (Å²) < 4.78 is 0. The van der Waals surface area contributed by atoms with Gasteiger partial charge in [-0.1, -0.05) is 31.9 Å². The maximum Gasteiger partial charge on any atom is 0.227 e. The van der Waals surface area contributed by atoms with E-state index in [4.69, 9.17) is 0 Å². The van der Waals surface area contributed by atoms with Crippen molar-refractivity contribution in [3.8, 4) is 0 Å². The number of nitrogens with zero attached hydrogens (tertiary/aromatic N) is 2. The highest BCUT2D eigenvalue weighted by Crippen LogP contribution is 2.21. The number of unbranched alkanes of at least 4 members (excludes halogenated alkanes) is 2. The van der Waals surface area contributed by atoms with Gasteiger partial charge in [-0.2, -0.15) is 0 Å². The van der Waals surface area contributed by atoms with Crippen molar-refractivity contribution < 1.29 is 4.79 Å². The third-order valence-electron chi connectivity index (χ3n) is 4.16. The van der Waals surface area contributed by atoms with Gasteiger partial charge in [0.25, 0.3) is 0 Å². The van der Waals surface area contributed by atoms with Crippen molar-refractivity contribution in [2.75, 3.05) is 24.5 Å². The lowest BCUT2D eigenvalue weighted by atomic mass is 10.2. The highest BCUT2D eigenvalue weighted by Gasteiger charge is 2.21. The quantitative estimate of drug-likeness (QED) is 0.271. The minimum Gasteiger partial charge on any atom is -0.357 e. The third kappa shape index (κ3) is 7.22. The molecule has 0 unspecified atom stereocenters. The van der Waals surface area contributed by atoms with Gasteiger partial charge in [0.05, 0.1) is 6.54 Å². The van der Waals surface area contributed by atoms with Gasteiger partial charge in [0.15, 0.2) is 5.96 Å². The number of carbonyl (C=O) groups is 1. The number of amides is 1. The predicted molar refractivity (Wildman–Crippen MR) is 116 cm³/mol. The number of nitrogens with one attached hydrogen (secondary N) is 2. The standard InChI is InChI=1S/C19H30N4O.HI/c1-3-5-6-13-21-19(20-4-2)22-15-16-9-11-17(12-10-16)23-14-7-8-18(23)24;/h9-12H,3-8,13-15H2,1-2H3,(H2,20,21,22);1H. The first-order chi connectivity index (χ1) is 11.7. The lowest BCUT2D eigenvalue weighted by Gasteiger charge is -2.16. The van der Waals surface area contributed by atoms with Crippen LogP contribution in [-0.4, -0.2) is 31.5 Å². The Morgan fingerprint density at radius 2 is 1.92 bits per heavy atom. The molecule has 2 N–H and O–H groups in total. The summed E-state index contributed by atoms with van der Waals surface area (Å²) in [5.74, 6) is 1.10. The van der Waals surface area contributed by atoms with Gasteiger partial charge in [-0.25, -0.2) is 4.99 Å². The molecular weight excluding hydrogens is 427 g/mol. The molecule has 0 radical (unpaired) electrons. The molecule has 1 aromatic carbocycles. The van der Waals surface area contributed by atoms with E-state index < -0.39 is 0 Å². The second kappa shape index (κ2) is 12.1. The van der Waals surface area contributed by atoms with Gasteiger partial charge in [0.2, 0.25) is 5.91 Å². The fraction of sp³-hybridized carbons (Fsp3) is 0.579. The fourth-order valence-electron chi connectivity index (χ4n) is 2.80. The largest absolute Gasteiger partial charge is 0.357 e. The van der Waals surface area contributed by atoms with E-state index in [0.29, 0.717) is 13.0 Å². The van der Waals surface area contributed by atoms with E-state index in [1.165, 1.54) is 19.3 Å². The van der Waals surface area contributed by atoms with Crippen molar-refractivity contribution in [1.82, 2.24) is 10.6 Å². The molecule has 5 nitrogen and oxygen atoms in total. The summed E-state index contributed by atoms with van der Waals surface area (Å²) >= 11 is 0. The second-order valence-corrected chi connectivity index (χ2v) is 6.14. The molecule has 1 aromatic rings. The van der Waals surface area contributed by atoms with Crippen LogP contribution in [0.15, 0.2) is 29.3 Å². The number of anilines is 1. The predicted octanol–water partition coefficient (Wildman–Crippen LogP) is 3.68. The summed E-state index contributed by atoms with van der Waals surface area (Å²) in [4.78, 5) is 18.3. The zero-order valence-electron chi connectivity index (χ0n) is 15.4. The van der Waals surface area contributed by atoms with Crippen LogP contribution in [0.4, 0.5) is 5.69 Å². The number of halogens is 1. The average molecular weight is 458 g/mol. The number of benzene rings is 1. The summed E-state index contributed by atoms with van der Waals surface area (Å²) in [6.45, 7) is 7.56. The fourth-order valence-corrected chi connectivity index (χ4v) is 2.80. The van der Waals surface area contributed by atoms with E-state index in [1.54, 1.807) is 0 Å². The summed E-state index contributed by atoms with van der Waals surface area (Å²) in [5.41, 5.74) is 2.14. The molecule has 1 fully saturated rings. The van der Waals surface area contributed by atoms with Gasteiger partial charge < -0.3 is 15.5 Å². The number of aliphatic imine (C=N–C) groups is 1. The molecule has 6 heteroatoms. The van der Waals surface area contributed by atoms with Crippen LogP contribution in [0.3, 0.4) is 0 Å². The topological polar surface area (TPSA) is 56.7 Å². The van der Waals surface area contributed by atoms with Crippen molar-refractivity contribution in [2.24, 2.45) is 4.99 Å². The minimum absolute atomic E-state index is 0. The second-order valence-electron chi connectivity index (χ2n) is 6.14. The molecule has 2 rings (SSSR count). The summed E-state index contributed by atoms with van der Waals surface area (Å²) in [5, 5.41) is 6.65. The van der Waals surface area contributed by atoms with Gasteiger partial charge in [0.1, 0.15) is 0 Å². The van der Waals surface area contributed by atoms with Gasteiger partial charge >= 0.3 is 0 Å². The molecule has 140 valence electrons. The molecule has 0 aromatic heterocycles. The zero-order valence-corrected chi connectivity index (χ0v) is 17.7. The minimum atomic E-state index is 0. The Bertz CT molecular complexity index is 545. The van der Waals surface area contributed by atoms with Crippen LogP contribution in [0.5, 0.6) is 0 Å². The zero-order chi connectivity index (χ0) is 17.2. The van der Waals surface area contributed by atoms with Gasteiger partial charge in [-0.3, -0.25) is 4.79 Å². The van der Waals surface area contributed by atoms with Crippen LogP contribution >= 0.6 is 24.0 Å². The van der Waals surface area contributed by atoms with Crippen LogP contribution in [0.25, 0.3) is 0 Å². The maximum absolute atomic E-state index is 11.8. The lowest BCUT2D eigenvalue weighted by molar-refractivity contribution is -0.117. The maximum atomic E-state index is 11.8. The molecule has 1 aliphatic heterocycles. The summed E-state index contributed by atoms with van der Waals surface area (Å²) in [7, 11) is 0. The van der Waals surface area contributed by atoms with Crippen molar-refractivity contribution in [3.63, 3.8) is 0 Å². The van der Waals surface area contributed by atoms with Gasteiger partial charge in [0, 0.05) is 31.7 Å². The molecule has 1 heterocycles. The molecule has 0 bridgehead atoms. The Morgan fingerprint density at radius 1 is 1.16 bits per heavy atom. The van der Waals surface area contributed by atoms with E-state index >= 15 is 0 Å². The summed E-state index contributed by atoms with van der Waals surface area (Å²) in [6.07, 6.45) is 5.26. The van der Waals surface area contributed by atoms with Crippen LogP contribution in [0, 0.1) is 0 Å². The van der Waals surface area contributed by atoms with E-state index in [1.807, 2.05) is 17.0 Å². The SMILES string of the molecule is CCCCCNC(=NCc1ccc(N2CCCC2=O)cc1)NCC.I. The Labute approximate surface area is 168 Å². The molecule has 1 aliphatic rings. The lowest BCUT2D eigenvalue weighted by Crippen LogP contribution is -2.37. The first kappa shape index (κ1) is 21.7. The molecule has 25 heavy (non-hydrogen) atoms. The highest BCUT2D eigenvalue weighted by atomic mass is 127. The Morgan fingerprint density at radius 3 is 2.52 bits per heavy atom. The number of hydrogen-bond donors (Lipinski definition) is 2. The molecule has 0 spiro atoms. The monoisotopic (exact) mass is 458 g/mol. The Kier molecular flexibility index (Phi) is 10.5. The molecule has 1 amide bonds. The smallest absolute Gasteiger partial charge is 0.227 e. The Balaban J connectivity index is 0.00000312. The molecular formula is C19H31IN4O. The van der Waals surface area contributed by atoms with Crippen LogP contribution < -0.4 is 15.5 Å². The third-order valence-corrected chi connectivity index (χ3v) is 4.16. The normalized spacial score (nSPS) is 14.4. The number of rotatable bonds is 8. The van der Waals surface area contributed by atoms with E-state index in [9.17, 15) is 4.79 Å². The summed E-state index contributed by atoms with van der Waals surface area (Å²) in [6, 6.07) is 8.17. The van der Waals surface area contributed by atoms with E-state index in [-0.39, 0.29) is 29.9 Å². The number of hydrogen-bond acceptors (Lipinski definition) is 2. The average Bonchev–Trinajstić information content (AvgIpc) is 3.03. The number of guanidine groups is 1. The first-order valence-electron chi connectivity index (χ1n) is 9.16. The van der Waals surface area contributed by atoms with E-state index in [2.05, 4.69) is 41.6 Å². The van der Waals surface area contributed by atoms with Crippen LogP contribution in [0.2, 0.25) is 0 Å². The van der Waals surface area contributed by atoms with Crippen molar-refractivity contribution in [1.29, 1.82) is 0 Å². The molecule has 1 saturated heterocycles. The first-order valence-corrected chi connectivity index (χ1v) is 9.16. The molecule has 0 aliphatic carbocycles. The van der Waals surface area contributed by atoms with Crippen molar-refractivity contribution >= 4 is 41.5 Å². The van der Waals surface area contributed by atoms with Gasteiger partial charge in [-0.05, 0) is 37.5 Å².